The molecule has 2 aliphatic heterocycles. The number of rotatable bonds is 8. The number of hydrogen-bond donors (Lipinski definition) is 1. The van der Waals surface area contributed by atoms with Crippen LogP contribution in [0.25, 0.3) is 0 Å². The molecule has 10 nitrogen and oxygen atoms in total. The summed E-state index contributed by atoms with van der Waals surface area (Å²) < 4.78 is 77.5. The van der Waals surface area contributed by atoms with Gasteiger partial charge in [0.2, 0.25) is 5.88 Å². The first-order valence-corrected chi connectivity index (χ1v) is 16.5. The molecule has 1 fully saturated rings. The zero-order valence-corrected chi connectivity index (χ0v) is 26.0. The topological polar surface area (TPSA) is 131 Å². The van der Waals surface area contributed by atoms with Crippen LogP contribution in [0.3, 0.4) is 0 Å². The van der Waals surface area contributed by atoms with E-state index in [0.29, 0.717) is 59.9 Å². The molecule has 1 amide bonds. The number of oxime groups is 1. The molecule has 1 unspecified atom stereocenters. The van der Waals surface area contributed by atoms with E-state index in [2.05, 4.69) is 26.1 Å². The number of carbonyl (C=O) groups excluding carboxylic acids is 1. The van der Waals surface area contributed by atoms with Gasteiger partial charge in [0.25, 0.3) is 16.0 Å². The number of amides is 1. The van der Waals surface area contributed by atoms with Gasteiger partial charge in [-0.3, -0.25) is 9.35 Å². The Labute approximate surface area is 261 Å². The maximum atomic E-state index is 13.3. The lowest BCUT2D eigenvalue weighted by atomic mass is 9.97. The zero-order chi connectivity index (χ0) is 30.9. The molecule has 0 bridgehead atoms. The second-order valence-electron chi connectivity index (χ2n) is 9.89. The minimum Gasteiger partial charge on any atom is -0.467 e. The summed E-state index contributed by atoms with van der Waals surface area (Å²) >= 11 is 10.8. The van der Waals surface area contributed by atoms with Crippen LogP contribution in [-0.2, 0) is 31.7 Å². The Morgan fingerprint density at radius 1 is 1.28 bits per heavy atom. The number of ether oxygens (including phenoxy) is 1. The van der Waals surface area contributed by atoms with Gasteiger partial charge >= 0.3 is 6.18 Å². The van der Waals surface area contributed by atoms with Gasteiger partial charge in [-0.05, 0) is 46.5 Å². The molecule has 2 aliphatic rings. The molecule has 1 aromatic carbocycles. The smallest absolute Gasteiger partial charge is 0.421 e. The van der Waals surface area contributed by atoms with E-state index in [-0.39, 0.29) is 10.4 Å². The molecular weight excluding hydrogens is 701 g/mol. The van der Waals surface area contributed by atoms with Crippen LogP contribution in [0.1, 0.15) is 58.7 Å². The molecule has 0 spiro atoms. The number of alkyl halides is 3. The van der Waals surface area contributed by atoms with Gasteiger partial charge in [-0.15, -0.1) is 11.3 Å². The summed E-state index contributed by atoms with van der Waals surface area (Å²) in [6.07, 6.45) is -2.66. The van der Waals surface area contributed by atoms with Crippen molar-refractivity contribution >= 4 is 60.6 Å². The summed E-state index contributed by atoms with van der Waals surface area (Å²) in [4.78, 5) is 28.2. The van der Waals surface area contributed by atoms with Crippen molar-refractivity contribution in [1.82, 2.24) is 14.9 Å². The Balaban J connectivity index is 1.16. The first-order chi connectivity index (χ1) is 20.3. The van der Waals surface area contributed by atoms with Crippen LogP contribution < -0.4 is 4.74 Å². The van der Waals surface area contributed by atoms with Gasteiger partial charge in [0.05, 0.1) is 10.7 Å². The Morgan fingerprint density at radius 2 is 2.02 bits per heavy atom. The molecule has 0 saturated carbocycles. The van der Waals surface area contributed by atoms with Gasteiger partial charge in [0.15, 0.2) is 12.7 Å². The highest BCUT2D eigenvalue weighted by Crippen LogP contribution is 2.39. The summed E-state index contributed by atoms with van der Waals surface area (Å²) in [7, 11) is -4.29. The number of pyridine rings is 1. The highest BCUT2D eigenvalue weighted by atomic mass is 79.9. The van der Waals surface area contributed by atoms with E-state index in [1.807, 2.05) is 5.38 Å². The highest BCUT2D eigenvalue weighted by molar-refractivity contribution is 9.10. The number of benzene rings is 1. The molecule has 0 radical (unpaired) electrons. The number of halogens is 5. The Morgan fingerprint density at radius 3 is 2.72 bits per heavy atom. The van der Waals surface area contributed by atoms with Crippen LogP contribution in [0.5, 0.6) is 5.88 Å². The van der Waals surface area contributed by atoms with Crippen molar-refractivity contribution in [2.24, 2.45) is 5.16 Å². The molecule has 17 heteroatoms. The predicted octanol–water partition coefficient (Wildman–Crippen LogP) is 6.01. The van der Waals surface area contributed by atoms with Gasteiger partial charge in [0, 0.05) is 52.1 Å². The fourth-order valence-electron chi connectivity index (χ4n) is 4.90. The lowest BCUT2D eigenvalue weighted by Crippen LogP contribution is -2.40. The third-order valence-corrected chi connectivity index (χ3v) is 9.39. The van der Waals surface area contributed by atoms with Gasteiger partial charge in [-0.1, -0.05) is 28.9 Å². The largest absolute Gasteiger partial charge is 0.467 e. The number of thiazole rings is 1. The van der Waals surface area contributed by atoms with E-state index in [4.69, 9.17) is 26.2 Å². The molecule has 4 heterocycles. The first kappa shape index (κ1) is 31.6. The summed E-state index contributed by atoms with van der Waals surface area (Å²) in [6, 6.07) is 5.60. The van der Waals surface area contributed by atoms with Crippen LogP contribution in [0.4, 0.5) is 13.2 Å². The zero-order valence-electron chi connectivity index (χ0n) is 22.1. The Bertz CT molecular complexity index is 1660. The Kier molecular flexibility index (Phi) is 9.32. The number of piperidine rings is 1. The SMILES string of the molecule is O=C(COc1ncc(Br)cc1C(F)(F)F)N1CCC(c2nc(C3=NOC(c4c(Cl)cccc4CS(=O)(=O)O)C3)cs2)CC1. The van der Waals surface area contributed by atoms with Crippen molar-refractivity contribution in [1.29, 1.82) is 0 Å². The monoisotopic (exact) mass is 722 g/mol. The number of likely N-dealkylation sites (tertiary alicyclic amines) is 1. The molecule has 43 heavy (non-hydrogen) atoms. The average Bonchev–Trinajstić information content (AvgIpc) is 3.61. The summed E-state index contributed by atoms with van der Waals surface area (Å²) in [5.41, 5.74) is 0.857. The fraction of sp³-hybridized carbons (Fsp3) is 0.385. The summed E-state index contributed by atoms with van der Waals surface area (Å²) in [5.74, 6) is -1.63. The van der Waals surface area contributed by atoms with Crippen LogP contribution in [0, 0.1) is 0 Å². The fourth-order valence-corrected chi connectivity index (χ4v) is 7.19. The minimum atomic E-state index is -4.68. The molecule has 5 rings (SSSR count). The third kappa shape index (κ3) is 7.66. The van der Waals surface area contributed by atoms with Gasteiger partial charge in [0.1, 0.15) is 17.0 Å². The van der Waals surface area contributed by atoms with Gasteiger partial charge < -0.3 is 14.5 Å². The lowest BCUT2D eigenvalue weighted by molar-refractivity contribution is -0.141. The van der Waals surface area contributed by atoms with E-state index in [1.54, 1.807) is 23.1 Å². The van der Waals surface area contributed by atoms with Crippen molar-refractivity contribution in [3.8, 4) is 5.88 Å². The normalized spacial score (nSPS) is 18.0. The van der Waals surface area contributed by atoms with E-state index in [0.717, 1.165) is 11.1 Å². The van der Waals surface area contributed by atoms with Crippen molar-refractivity contribution in [3.63, 3.8) is 0 Å². The van der Waals surface area contributed by atoms with E-state index in [9.17, 15) is 30.9 Å². The second-order valence-corrected chi connectivity index (χ2v) is 13.6. The van der Waals surface area contributed by atoms with Gasteiger partial charge in [-0.2, -0.15) is 21.6 Å². The van der Waals surface area contributed by atoms with Crippen molar-refractivity contribution < 1.29 is 40.5 Å². The van der Waals surface area contributed by atoms with E-state index in [1.165, 1.54) is 17.5 Å². The molecule has 230 valence electrons. The molecule has 1 atom stereocenters. The van der Waals surface area contributed by atoms with Gasteiger partial charge in [-0.25, -0.2) is 9.97 Å². The number of hydrogen-bond acceptors (Lipinski definition) is 9. The first-order valence-electron chi connectivity index (χ1n) is 12.8. The summed E-state index contributed by atoms with van der Waals surface area (Å²) in [5, 5.41) is 7.14. The second kappa shape index (κ2) is 12.7. The molecule has 0 aliphatic carbocycles. The summed E-state index contributed by atoms with van der Waals surface area (Å²) in [6.45, 7) is 0.204. The lowest BCUT2D eigenvalue weighted by Gasteiger charge is -2.31. The highest BCUT2D eigenvalue weighted by Gasteiger charge is 2.36. The molecule has 1 N–H and O–H groups in total. The standard InChI is InChI=1S/C26H23BrClF3N4O6S2/c27-16-8-17(26(29,30)31)24(32-10-16)40-11-22(36)35-6-4-14(5-7-35)25-33-20(12-42-25)19-9-21(41-34-19)23-15(13-43(37,38)39)2-1-3-18(23)28/h1-3,8,10,12,14,21H,4-7,9,11,13H2,(H,37,38,39). The molecular formula is C26H23BrClF3N4O6S2. The van der Waals surface area contributed by atoms with Crippen molar-refractivity contribution in [2.45, 2.75) is 43.2 Å². The van der Waals surface area contributed by atoms with Crippen LogP contribution in [-0.4, -0.2) is 59.2 Å². The number of nitrogens with zero attached hydrogens (tertiary/aromatic N) is 4. The van der Waals surface area contributed by atoms with Crippen molar-refractivity contribution in [3.05, 3.63) is 72.7 Å². The van der Waals surface area contributed by atoms with E-state index < -0.39 is 52.1 Å². The maximum absolute atomic E-state index is 13.3. The van der Waals surface area contributed by atoms with E-state index >= 15 is 0 Å². The quantitative estimate of drug-likeness (QED) is 0.280. The third-order valence-electron chi connectivity index (χ3n) is 6.94. The molecule has 1 saturated heterocycles. The minimum absolute atomic E-state index is 0.0670. The van der Waals surface area contributed by atoms with Crippen LogP contribution in [0.15, 0.2) is 45.5 Å². The molecule has 3 aromatic rings. The number of carbonyl (C=O) groups is 1. The van der Waals surface area contributed by atoms with Crippen molar-refractivity contribution in [2.75, 3.05) is 19.7 Å². The average molecular weight is 724 g/mol. The predicted molar refractivity (Wildman–Crippen MR) is 155 cm³/mol. The van der Waals surface area contributed by atoms with Crippen LogP contribution in [0.2, 0.25) is 5.02 Å². The van der Waals surface area contributed by atoms with Crippen LogP contribution >= 0.6 is 38.9 Å². The molecule has 2 aromatic heterocycles. The number of aromatic nitrogens is 2. The Hall–Kier alpha value is -2.79. The maximum Gasteiger partial charge on any atom is 0.421 e.